The zero-order valence-electron chi connectivity index (χ0n) is 13.2. The number of amides is 1. The molecule has 0 atom stereocenters. The number of hydrogen-bond acceptors (Lipinski definition) is 5. The first kappa shape index (κ1) is 15.3. The molecule has 0 spiro atoms. The van der Waals surface area contributed by atoms with Gasteiger partial charge >= 0.3 is 0 Å². The van der Waals surface area contributed by atoms with E-state index >= 15 is 0 Å². The number of benzene rings is 1. The maximum absolute atomic E-state index is 12.1. The Bertz CT molecular complexity index is 660. The lowest BCUT2D eigenvalue weighted by Gasteiger charge is -2.34. The summed E-state index contributed by atoms with van der Waals surface area (Å²) in [6, 6.07) is 11.2. The SMILES string of the molecule is CN1CCN(c2ccc(NC(=O)c3ccc(N)cn3)cc2)CC1. The summed E-state index contributed by atoms with van der Waals surface area (Å²) in [6.07, 6.45) is 1.48. The van der Waals surface area contributed by atoms with Crippen molar-refractivity contribution in [1.82, 2.24) is 9.88 Å². The molecule has 1 aliphatic rings. The molecule has 0 aliphatic carbocycles. The van der Waals surface area contributed by atoms with Gasteiger partial charge in [-0.25, -0.2) is 4.98 Å². The highest BCUT2D eigenvalue weighted by Gasteiger charge is 2.14. The van der Waals surface area contributed by atoms with E-state index in [1.54, 1.807) is 12.1 Å². The Kier molecular flexibility index (Phi) is 4.43. The van der Waals surface area contributed by atoms with Crippen molar-refractivity contribution in [2.75, 3.05) is 49.2 Å². The van der Waals surface area contributed by atoms with Crippen molar-refractivity contribution in [3.63, 3.8) is 0 Å². The van der Waals surface area contributed by atoms with Crippen molar-refractivity contribution < 1.29 is 4.79 Å². The van der Waals surface area contributed by atoms with Gasteiger partial charge in [0.15, 0.2) is 0 Å². The first-order chi connectivity index (χ1) is 11.1. The number of nitrogen functional groups attached to an aromatic ring is 1. The second kappa shape index (κ2) is 6.66. The number of nitrogens with one attached hydrogen (secondary N) is 1. The maximum Gasteiger partial charge on any atom is 0.274 e. The van der Waals surface area contributed by atoms with E-state index in [-0.39, 0.29) is 5.91 Å². The number of hydrogen-bond donors (Lipinski definition) is 2. The number of carbonyl (C=O) groups excluding carboxylic acids is 1. The van der Waals surface area contributed by atoms with Crippen LogP contribution in [0.3, 0.4) is 0 Å². The lowest BCUT2D eigenvalue weighted by atomic mass is 10.2. The second-order valence-electron chi connectivity index (χ2n) is 5.77. The topological polar surface area (TPSA) is 74.5 Å². The minimum Gasteiger partial charge on any atom is -0.397 e. The van der Waals surface area contributed by atoms with Gasteiger partial charge in [-0.1, -0.05) is 0 Å². The first-order valence-electron chi connectivity index (χ1n) is 7.68. The molecule has 23 heavy (non-hydrogen) atoms. The van der Waals surface area contributed by atoms with E-state index in [1.807, 2.05) is 24.3 Å². The Morgan fingerprint density at radius 1 is 1.09 bits per heavy atom. The third kappa shape index (κ3) is 3.78. The molecule has 0 bridgehead atoms. The van der Waals surface area contributed by atoms with E-state index in [0.29, 0.717) is 11.4 Å². The number of anilines is 3. The number of nitrogens with zero attached hydrogens (tertiary/aromatic N) is 3. The summed E-state index contributed by atoms with van der Waals surface area (Å²) in [5.74, 6) is -0.239. The summed E-state index contributed by atoms with van der Waals surface area (Å²) in [4.78, 5) is 20.8. The quantitative estimate of drug-likeness (QED) is 0.902. The van der Waals surface area contributed by atoms with E-state index < -0.39 is 0 Å². The molecule has 6 heteroatoms. The number of aromatic nitrogens is 1. The molecule has 1 amide bonds. The van der Waals surface area contributed by atoms with Crippen molar-refractivity contribution in [2.24, 2.45) is 0 Å². The monoisotopic (exact) mass is 311 g/mol. The molecule has 0 saturated carbocycles. The highest BCUT2D eigenvalue weighted by atomic mass is 16.1. The number of pyridine rings is 1. The molecule has 1 aliphatic heterocycles. The van der Waals surface area contributed by atoms with E-state index in [0.717, 1.165) is 31.9 Å². The van der Waals surface area contributed by atoms with Crippen LogP contribution in [0.5, 0.6) is 0 Å². The highest BCUT2D eigenvalue weighted by Crippen LogP contribution is 2.19. The van der Waals surface area contributed by atoms with Crippen LogP contribution >= 0.6 is 0 Å². The molecule has 1 aromatic heterocycles. The zero-order valence-corrected chi connectivity index (χ0v) is 13.2. The van der Waals surface area contributed by atoms with Gasteiger partial charge in [-0.15, -0.1) is 0 Å². The minimum absolute atomic E-state index is 0.239. The van der Waals surface area contributed by atoms with Gasteiger partial charge in [-0.05, 0) is 43.4 Å². The van der Waals surface area contributed by atoms with Gasteiger partial charge in [0.05, 0.1) is 11.9 Å². The zero-order chi connectivity index (χ0) is 16.2. The van der Waals surface area contributed by atoms with Gasteiger partial charge in [-0.3, -0.25) is 4.79 Å². The molecule has 120 valence electrons. The normalized spacial score (nSPS) is 15.4. The molecular formula is C17H21N5O. The predicted octanol–water partition coefficient (Wildman–Crippen LogP) is 1.67. The van der Waals surface area contributed by atoms with Crippen LogP contribution < -0.4 is 16.0 Å². The Balaban J connectivity index is 1.63. The summed E-state index contributed by atoms with van der Waals surface area (Å²) in [6.45, 7) is 4.19. The van der Waals surface area contributed by atoms with Crippen LogP contribution in [-0.2, 0) is 0 Å². The number of rotatable bonds is 3. The summed E-state index contributed by atoms with van der Waals surface area (Å²) >= 11 is 0. The Morgan fingerprint density at radius 3 is 2.39 bits per heavy atom. The number of nitrogens with two attached hydrogens (primary N) is 1. The van der Waals surface area contributed by atoms with Crippen molar-refractivity contribution in [1.29, 1.82) is 0 Å². The molecule has 3 rings (SSSR count). The number of carbonyl (C=O) groups is 1. The van der Waals surface area contributed by atoms with Crippen LogP contribution in [0.15, 0.2) is 42.6 Å². The van der Waals surface area contributed by atoms with Gasteiger partial charge in [-0.2, -0.15) is 0 Å². The number of piperazine rings is 1. The van der Waals surface area contributed by atoms with Crippen LogP contribution in [0.25, 0.3) is 0 Å². The van der Waals surface area contributed by atoms with Gasteiger partial charge in [0.25, 0.3) is 5.91 Å². The fourth-order valence-corrected chi connectivity index (χ4v) is 2.55. The van der Waals surface area contributed by atoms with Crippen LogP contribution in [-0.4, -0.2) is 49.0 Å². The maximum atomic E-state index is 12.1. The molecule has 1 aromatic carbocycles. The first-order valence-corrected chi connectivity index (χ1v) is 7.68. The fraction of sp³-hybridized carbons (Fsp3) is 0.294. The highest BCUT2D eigenvalue weighted by molar-refractivity contribution is 6.03. The molecule has 3 N–H and O–H groups in total. The van der Waals surface area contributed by atoms with Gasteiger partial charge in [0.1, 0.15) is 5.69 Å². The van der Waals surface area contributed by atoms with Crippen LogP contribution in [0.4, 0.5) is 17.1 Å². The van der Waals surface area contributed by atoms with Crippen molar-refractivity contribution in [3.05, 3.63) is 48.3 Å². The fourth-order valence-electron chi connectivity index (χ4n) is 2.55. The van der Waals surface area contributed by atoms with Crippen molar-refractivity contribution >= 4 is 23.0 Å². The van der Waals surface area contributed by atoms with E-state index in [4.69, 9.17) is 5.73 Å². The van der Waals surface area contributed by atoms with Gasteiger partial charge < -0.3 is 20.9 Å². The Morgan fingerprint density at radius 2 is 1.78 bits per heavy atom. The number of likely N-dealkylation sites (N-methyl/N-ethyl adjacent to an activating group) is 1. The average Bonchev–Trinajstić information content (AvgIpc) is 2.57. The van der Waals surface area contributed by atoms with E-state index in [9.17, 15) is 4.79 Å². The third-order valence-corrected chi connectivity index (χ3v) is 4.01. The van der Waals surface area contributed by atoms with Crippen LogP contribution in [0.2, 0.25) is 0 Å². The van der Waals surface area contributed by atoms with Crippen LogP contribution in [0.1, 0.15) is 10.5 Å². The summed E-state index contributed by atoms with van der Waals surface area (Å²) in [5.41, 5.74) is 8.40. The summed E-state index contributed by atoms with van der Waals surface area (Å²) in [7, 11) is 2.14. The summed E-state index contributed by atoms with van der Waals surface area (Å²) < 4.78 is 0. The van der Waals surface area contributed by atoms with E-state index in [2.05, 4.69) is 27.1 Å². The average molecular weight is 311 g/mol. The second-order valence-corrected chi connectivity index (χ2v) is 5.77. The van der Waals surface area contributed by atoms with E-state index in [1.165, 1.54) is 11.9 Å². The Labute approximate surface area is 135 Å². The van der Waals surface area contributed by atoms with Crippen molar-refractivity contribution in [2.45, 2.75) is 0 Å². The molecule has 0 unspecified atom stereocenters. The van der Waals surface area contributed by atoms with Crippen molar-refractivity contribution in [3.8, 4) is 0 Å². The molecular weight excluding hydrogens is 290 g/mol. The smallest absolute Gasteiger partial charge is 0.274 e. The third-order valence-electron chi connectivity index (χ3n) is 4.01. The van der Waals surface area contributed by atoms with Crippen LogP contribution in [0, 0.1) is 0 Å². The lowest BCUT2D eigenvalue weighted by Crippen LogP contribution is -2.44. The predicted molar refractivity (Wildman–Crippen MR) is 92.8 cm³/mol. The Hall–Kier alpha value is -2.60. The standard InChI is InChI=1S/C17H21N5O/c1-21-8-10-22(11-9-21)15-5-3-14(4-6-15)20-17(23)16-7-2-13(18)12-19-16/h2-7,12H,8-11,18H2,1H3,(H,20,23). The molecule has 2 heterocycles. The minimum atomic E-state index is -0.239. The molecule has 1 fully saturated rings. The molecule has 2 aromatic rings. The van der Waals surface area contributed by atoms with Gasteiger partial charge in [0, 0.05) is 37.6 Å². The van der Waals surface area contributed by atoms with Gasteiger partial charge in [0.2, 0.25) is 0 Å². The molecule has 0 radical (unpaired) electrons. The molecule has 1 saturated heterocycles. The largest absolute Gasteiger partial charge is 0.397 e. The summed E-state index contributed by atoms with van der Waals surface area (Å²) in [5, 5.41) is 2.85. The lowest BCUT2D eigenvalue weighted by molar-refractivity contribution is 0.102. The molecule has 6 nitrogen and oxygen atoms in total.